The number of halogens is 1. The predicted molar refractivity (Wildman–Crippen MR) is 129 cm³/mol. The molecule has 3 atom stereocenters. The molecule has 2 aromatic heterocycles. The van der Waals surface area contributed by atoms with E-state index in [0.29, 0.717) is 17.5 Å². The number of hydrogen-bond donors (Lipinski definition) is 1. The molecular formula is C26H29FN6. The Balaban J connectivity index is 1.33. The fraction of sp³-hybridized carbons (Fsp3) is 0.423. The molecule has 6 nitrogen and oxygen atoms in total. The van der Waals surface area contributed by atoms with E-state index in [2.05, 4.69) is 16.1 Å². The van der Waals surface area contributed by atoms with E-state index >= 15 is 0 Å². The number of dihydropyridines is 1. The molecule has 1 saturated carbocycles. The zero-order valence-electron chi connectivity index (χ0n) is 19.1. The molecule has 2 fully saturated rings. The fourth-order valence-electron chi connectivity index (χ4n) is 6.25. The molecule has 2 aliphatic heterocycles. The Hall–Kier alpha value is -3.06. The normalized spacial score (nSPS) is 25.8. The summed E-state index contributed by atoms with van der Waals surface area (Å²) in [6, 6.07) is 7.65. The topological polar surface area (TPSA) is 71.8 Å². The number of allylic oxidation sites excluding steroid dienone is 1. The molecule has 7 heteroatoms. The van der Waals surface area contributed by atoms with Gasteiger partial charge in [-0.05, 0) is 62.3 Å². The van der Waals surface area contributed by atoms with E-state index in [0.717, 1.165) is 60.6 Å². The van der Waals surface area contributed by atoms with E-state index in [9.17, 15) is 4.39 Å². The van der Waals surface area contributed by atoms with Crippen LogP contribution in [0.1, 0.15) is 30.5 Å². The molecule has 3 aliphatic rings. The van der Waals surface area contributed by atoms with E-state index in [1.54, 1.807) is 19.2 Å². The maximum Gasteiger partial charge on any atom is 0.155 e. The number of hydrogen-bond acceptors (Lipinski definition) is 5. The number of anilines is 1. The molecule has 170 valence electrons. The second kappa shape index (κ2) is 7.48. The molecule has 1 aliphatic carbocycles. The van der Waals surface area contributed by atoms with Gasteiger partial charge in [0.05, 0.1) is 23.6 Å². The van der Waals surface area contributed by atoms with Crippen LogP contribution < -0.4 is 10.6 Å². The Morgan fingerprint density at radius 2 is 1.97 bits per heavy atom. The molecule has 0 radical (unpaired) electrons. The zero-order chi connectivity index (χ0) is 22.7. The zero-order valence-corrected chi connectivity index (χ0v) is 19.1. The first-order valence-electron chi connectivity index (χ1n) is 11.8. The van der Waals surface area contributed by atoms with Crippen LogP contribution in [-0.2, 0) is 0 Å². The van der Waals surface area contributed by atoms with Gasteiger partial charge in [-0.15, -0.1) is 0 Å². The summed E-state index contributed by atoms with van der Waals surface area (Å²) < 4.78 is 16.2. The first-order valence-corrected chi connectivity index (χ1v) is 11.8. The Kier molecular flexibility index (Phi) is 4.66. The molecule has 3 aromatic rings. The number of aromatic nitrogens is 3. The Bertz CT molecular complexity index is 1280. The Labute approximate surface area is 193 Å². The van der Waals surface area contributed by atoms with Gasteiger partial charge in [-0.1, -0.05) is 18.2 Å². The van der Waals surface area contributed by atoms with Crippen molar-refractivity contribution in [2.75, 3.05) is 18.0 Å². The number of aliphatic imine (C=N–C) groups is 1. The van der Waals surface area contributed by atoms with Crippen LogP contribution in [0, 0.1) is 31.0 Å². The average molecular weight is 445 g/mol. The summed E-state index contributed by atoms with van der Waals surface area (Å²) in [6.45, 7) is 5.61. The van der Waals surface area contributed by atoms with Crippen molar-refractivity contribution in [3.8, 4) is 11.3 Å². The van der Waals surface area contributed by atoms with Gasteiger partial charge < -0.3 is 10.6 Å². The number of fused-ring (bicyclic) bond motifs is 2. The molecule has 1 spiro atoms. The van der Waals surface area contributed by atoms with Gasteiger partial charge in [-0.3, -0.25) is 4.99 Å². The van der Waals surface area contributed by atoms with Crippen LogP contribution in [0.25, 0.3) is 16.8 Å². The van der Waals surface area contributed by atoms with Gasteiger partial charge in [0.2, 0.25) is 0 Å². The maximum absolute atomic E-state index is 14.3. The van der Waals surface area contributed by atoms with Crippen LogP contribution in [0.4, 0.5) is 10.2 Å². The van der Waals surface area contributed by atoms with Crippen LogP contribution in [-0.4, -0.2) is 46.0 Å². The third kappa shape index (κ3) is 3.05. The van der Waals surface area contributed by atoms with Crippen LogP contribution in [0.5, 0.6) is 0 Å². The summed E-state index contributed by atoms with van der Waals surface area (Å²) in [5.41, 5.74) is 11.0. The molecule has 4 heterocycles. The standard InChI is InChI=1S/C26H29FN6/c1-16-18(5-3-7-20(16)27)23-17(2)31-25(22-8-12-30-33(22)23)32-13-9-26(10-14-32)15-21-19(24(26)28)6-4-11-29-21/h3-8,11-12,19,21,24H,9-10,13-15,28H2,1-2H3/t19?,21?,24-/m1/s1. The van der Waals surface area contributed by atoms with Crippen LogP contribution >= 0.6 is 0 Å². The minimum absolute atomic E-state index is 0.141. The lowest BCUT2D eigenvalue weighted by Gasteiger charge is -2.43. The van der Waals surface area contributed by atoms with Crippen LogP contribution in [0.15, 0.2) is 47.6 Å². The number of piperidine rings is 1. The minimum atomic E-state index is -0.217. The fourth-order valence-corrected chi connectivity index (χ4v) is 6.25. The molecule has 0 amide bonds. The highest BCUT2D eigenvalue weighted by atomic mass is 19.1. The molecule has 6 rings (SSSR count). The van der Waals surface area contributed by atoms with Crippen molar-refractivity contribution in [3.63, 3.8) is 0 Å². The van der Waals surface area contributed by atoms with E-state index in [4.69, 9.17) is 15.7 Å². The van der Waals surface area contributed by atoms with E-state index < -0.39 is 0 Å². The third-order valence-corrected chi connectivity index (χ3v) is 8.16. The van der Waals surface area contributed by atoms with Crippen molar-refractivity contribution in [2.45, 2.75) is 45.2 Å². The second-order valence-corrected chi connectivity index (χ2v) is 9.82. The van der Waals surface area contributed by atoms with Crippen molar-refractivity contribution in [2.24, 2.45) is 22.1 Å². The van der Waals surface area contributed by atoms with Gasteiger partial charge in [0.1, 0.15) is 11.3 Å². The Morgan fingerprint density at radius 3 is 2.76 bits per heavy atom. The SMILES string of the molecule is Cc1nc(N2CCC3(CC2)CC2N=CC=CC2[C@H]3N)c2ccnn2c1-c1cccc(F)c1C. The predicted octanol–water partition coefficient (Wildman–Crippen LogP) is 4.10. The third-order valence-electron chi connectivity index (χ3n) is 8.16. The number of aryl methyl sites for hydroxylation is 1. The quantitative estimate of drug-likeness (QED) is 0.646. The lowest BCUT2D eigenvalue weighted by atomic mass is 9.73. The van der Waals surface area contributed by atoms with Crippen LogP contribution in [0.2, 0.25) is 0 Å². The number of nitrogens with two attached hydrogens (primary N) is 1. The summed E-state index contributed by atoms with van der Waals surface area (Å²) in [4.78, 5) is 12.1. The van der Waals surface area contributed by atoms with Gasteiger partial charge in [0.25, 0.3) is 0 Å². The largest absolute Gasteiger partial charge is 0.355 e. The molecular weight excluding hydrogens is 415 g/mol. The maximum atomic E-state index is 14.3. The lowest BCUT2D eigenvalue weighted by molar-refractivity contribution is 0.189. The first kappa shape index (κ1) is 20.5. The lowest BCUT2D eigenvalue weighted by Crippen LogP contribution is -2.49. The van der Waals surface area contributed by atoms with Gasteiger partial charge >= 0.3 is 0 Å². The number of rotatable bonds is 2. The summed E-state index contributed by atoms with van der Waals surface area (Å²) in [6.07, 6.45) is 11.2. The Morgan fingerprint density at radius 1 is 1.15 bits per heavy atom. The van der Waals surface area contributed by atoms with Crippen molar-refractivity contribution in [1.29, 1.82) is 0 Å². The van der Waals surface area contributed by atoms with Crippen molar-refractivity contribution in [3.05, 3.63) is 59.7 Å². The minimum Gasteiger partial charge on any atom is -0.355 e. The van der Waals surface area contributed by atoms with Gasteiger partial charge in [0.15, 0.2) is 5.82 Å². The summed E-state index contributed by atoms with van der Waals surface area (Å²) in [5.74, 6) is 1.09. The summed E-state index contributed by atoms with van der Waals surface area (Å²) >= 11 is 0. The van der Waals surface area contributed by atoms with Gasteiger partial charge in [-0.2, -0.15) is 5.10 Å². The van der Waals surface area contributed by atoms with E-state index in [1.807, 2.05) is 35.9 Å². The average Bonchev–Trinajstić information content (AvgIpc) is 3.40. The molecule has 33 heavy (non-hydrogen) atoms. The smallest absolute Gasteiger partial charge is 0.155 e. The summed E-state index contributed by atoms with van der Waals surface area (Å²) in [7, 11) is 0. The molecule has 2 unspecified atom stereocenters. The van der Waals surface area contributed by atoms with Crippen LogP contribution in [0.3, 0.4) is 0 Å². The molecule has 1 aromatic carbocycles. The number of nitrogens with zero attached hydrogens (tertiary/aromatic N) is 5. The van der Waals surface area contributed by atoms with Gasteiger partial charge in [-0.25, -0.2) is 13.9 Å². The molecule has 2 N–H and O–H groups in total. The van der Waals surface area contributed by atoms with E-state index in [1.165, 1.54) is 6.07 Å². The molecule has 0 bridgehead atoms. The summed E-state index contributed by atoms with van der Waals surface area (Å²) in [5, 5.41) is 4.60. The second-order valence-electron chi connectivity index (χ2n) is 9.82. The van der Waals surface area contributed by atoms with Crippen molar-refractivity contribution < 1.29 is 4.39 Å². The first-order chi connectivity index (χ1) is 16.0. The molecule has 1 saturated heterocycles. The highest BCUT2D eigenvalue weighted by molar-refractivity contribution is 5.77. The van der Waals surface area contributed by atoms with Gasteiger partial charge in [0, 0.05) is 36.8 Å². The highest BCUT2D eigenvalue weighted by Crippen LogP contribution is 2.50. The monoisotopic (exact) mass is 444 g/mol. The van der Waals surface area contributed by atoms with Crippen molar-refractivity contribution in [1.82, 2.24) is 14.6 Å². The highest BCUT2D eigenvalue weighted by Gasteiger charge is 2.52. The number of benzene rings is 1. The van der Waals surface area contributed by atoms with E-state index in [-0.39, 0.29) is 17.3 Å². The van der Waals surface area contributed by atoms with Crippen molar-refractivity contribution >= 4 is 17.5 Å².